The van der Waals surface area contributed by atoms with Crippen LogP contribution in [0.3, 0.4) is 0 Å². The number of rotatable bonds is 4. The first-order valence-corrected chi connectivity index (χ1v) is 5.30. The molecule has 4 heteroatoms. The number of carboxylic acid groups (broad SMARTS) is 1. The summed E-state index contributed by atoms with van der Waals surface area (Å²) in [5, 5.41) is 9.00. The molecule has 0 unspecified atom stereocenters. The summed E-state index contributed by atoms with van der Waals surface area (Å²) in [6.45, 7) is 5.32. The summed E-state index contributed by atoms with van der Waals surface area (Å²) in [4.78, 5) is 22.8. The van der Waals surface area contributed by atoms with Crippen LogP contribution < -0.4 is 5.56 Å². The Morgan fingerprint density at radius 2 is 2.12 bits per heavy atom. The van der Waals surface area contributed by atoms with Crippen LogP contribution in [-0.2, 0) is 17.8 Å². The molecule has 0 saturated carbocycles. The molecular weight excluding hydrogens is 206 g/mol. The number of hydrogen-bond acceptors (Lipinski definition) is 2. The number of hydrogen-bond donors (Lipinski definition) is 1. The summed E-state index contributed by atoms with van der Waals surface area (Å²) in [5.74, 6) is -0.902. The summed E-state index contributed by atoms with van der Waals surface area (Å²) >= 11 is 0. The summed E-state index contributed by atoms with van der Waals surface area (Å²) < 4.78 is 1.47. The highest BCUT2D eigenvalue weighted by atomic mass is 16.4. The van der Waals surface area contributed by atoms with Gasteiger partial charge in [-0.1, -0.05) is 13.0 Å². The van der Waals surface area contributed by atoms with E-state index in [0.717, 1.165) is 0 Å². The predicted molar refractivity (Wildman–Crippen MR) is 61.5 cm³/mol. The third-order valence-corrected chi connectivity index (χ3v) is 2.62. The third kappa shape index (κ3) is 2.51. The van der Waals surface area contributed by atoms with Gasteiger partial charge in [-0.15, -0.1) is 0 Å². The molecule has 0 amide bonds. The van der Waals surface area contributed by atoms with E-state index in [4.69, 9.17) is 5.11 Å². The van der Waals surface area contributed by atoms with Gasteiger partial charge < -0.3 is 9.67 Å². The molecule has 1 heterocycles. The Labute approximate surface area is 94.5 Å². The van der Waals surface area contributed by atoms with Crippen LogP contribution in [0.2, 0.25) is 0 Å². The van der Waals surface area contributed by atoms with E-state index in [1.54, 1.807) is 32.2 Å². The molecule has 88 valence electrons. The first-order chi connectivity index (χ1) is 7.38. The van der Waals surface area contributed by atoms with Gasteiger partial charge in [0.2, 0.25) is 0 Å². The summed E-state index contributed by atoms with van der Waals surface area (Å²) in [7, 11) is 0. The molecule has 0 fully saturated rings. The standard InChI is InChI=1S/C12H17NO3/c1-4-9-6-5-7-13(10(9)14)8-12(2,3)11(15)16/h5-7H,4,8H2,1-3H3,(H,15,16). The lowest BCUT2D eigenvalue weighted by molar-refractivity contribution is -0.147. The zero-order chi connectivity index (χ0) is 12.3. The Bertz CT molecular complexity index is 446. The van der Waals surface area contributed by atoms with Gasteiger partial charge in [0.25, 0.3) is 5.56 Å². The van der Waals surface area contributed by atoms with Crippen molar-refractivity contribution < 1.29 is 9.90 Å². The highest BCUT2D eigenvalue weighted by molar-refractivity contribution is 5.73. The Balaban J connectivity index is 3.08. The first-order valence-electron chi connectivity index (χ1n) is 5.30. The zero-order valence-electron chi connectivity index (χ0n) is 9.86. The average molecular weight is 223 g/mol. The molecule has 0 radical (unpaired) electrons. The molecule has 1 aromatic rings. The van der Waals surface area contributed by atoms with E-state index in [-0.39, 0.29) is 12.1 Å². The number of aryl methyl sites for hydroxylation is 1. The molecule has 0 spiro atoms. The number of aliphatic carboxylic acids is 1. The van der Waals surface area contributed by atoms with Crippen molar-refractivity contribution in [3.8, 4) is 0 Å². The maximum Gasteiger partial charge on any atom is 0.310 e. The van der Waals surface area contributed by atoms with Crippen molar-refractivity contribution in [2.75, 3.05) is 0 Å². The van der Waals surface area contributed by atoms with Gasteiger partial charge in [0, 0.05) is 18.3 Å². The van der Waals surface area contributed by atoms with Gasteiger partial charge in [0.1, 0.15) is 0 Å². The topological polar surface area (TPSA) is 59.3 Å². The fourth-order valence-electron chi connectivity index (χ4n) is 1.47. The quantitative estimate of drug-likeness (QED) is 0.842. The molecule has 16 heavy (non-hydrogen) atoms. The number of pyridine rings is 1. The Morgan fingerprint density at radius 1 is 1.50 bits per heavy atom. The fourth-order valence-corrected chi connectivity index (χ4v) is 1.47. The van der Waals surface area contributed by atoms with Crippen LogP contribution in [0.15, 0.2) is 23.1 Å². The van der Waals surface area contributed by atoms with Crippen LogP contribution in [0.25, 0.3) is 0 Å². The lowest BCUT2D eigenvalue weighted by Gasteiger charge is -2.20. The van der Waals surface area contributed by atoms with Crippen molar-refractivity contribution >= 4 is 5.97 Å². The lowest BCUT2D eigenvalue weighted by Crippen LogP contribution is -2.34. The third-order valence-electron chi connectivity index (χ3n) is 2.62. The van der Waals surface area contributed by atoms with Crippen LogP contribution >= 0.6 is 0 Å². The molecule has 0 aliphatic heterocycles. The molecule has 1 N–H and O–H groups in total. The number of nitrogens with zero attached hydrogens (tertiary/aromatic N) is 1. The van der Waals surface area contributed by atoms with Gasteiger partial charge in [0.15, 0.2) is 0 Å². The van der Waals surface area contributed by atoms with Gasteiger partial charge >= 0.3 is 5.97 Å². The molecular formula is C12H17NO3. The normalized spacial score (nSPS) is 11.4. The molecule has 1 aromatic heterocycles. The van der Waals surface area contributed by atoms with Gasteiger partial charge in [-0.2, -0.15) is 0 Å². The zero-order valence-corrected chi connectivity index (χ0v) is 9.86. The fraction of sp³-hybridized carbons (Fsp3) is 0.500. The van der Waals surface area contributed by atoms with Crippen LogP contribution in [0.1, 0.15) is 26.3 Å². The predicted octanol–water partition coefficient (Wildman–Crippen LogP) is 1.52. The second-order valence-electron chi connectivity index (χ2n) is 4.51. The van der Waals surface area contributed by atoms with Crippen molar-refractivity contribution in [2.45, 2.75) is 33.7 Å². The van der Waals surface area contributed by atoms with Crippen molar-refractivity contribution in [3.05, 3.63) is 34.2 Å². The number of carboxylic acids is 1. The van der Waals surface area contributed by atoms with Crippen molar-refractivity contribution in [1.29, 1.82) is 0 Å². The molecule has 0 aromatic carbocycles. The highest BCUT2D eigenvalue weighted by Crippen LogP contribution is 2.17. The van der Waals surface area contributed by atoms with Gasteiger partial charge in [-0.3, -0.25) is 9.59 Å². The van der Waals surface area contributed by atoms with Crippen LogP contribution in [0, 0.1) is 5.41 Å². The number of carbonyl (C=O) groups is 1. The maximum absolute atomic E-state index is 11.9. The van der Waals surface area contributed by atoms with E-state index in [0.29, 0.717) is 12.0 Å². The highest BCUT2D eigenvalue weighted by Gasteiger charge is 2.28. The Hall–Kier alpha value is -1.58. The van der Waals surface area contributed by atoms with Crippen molar-refractivity contribution in [3.63, 3.8) is 0 Å². The van der Waals surface area contributed by atoms with Gasteiger partial charge in [-0.25, -0.2) is 0 Å². The van der Waals surface area contributed by atoms with Crippen LogP contribution in [0.4, 0.5) is 0 Å². The molecule has 0 bridgehead atoms. The molecule has 1 rings (SSSR count). The molecule has 0 aliphatic carbocycles. The summed E-state index contributed by atoms with van der Waals surface area (Å²) in [5.41, 5.74) is -0.320. The smallest absolute Gasteiger partial charge is 0.310 e. The van der Waals surface area contributed by atoms with Crippen molar-refractivity contribution in [2.24, 2.45) is 5.41 Å². The van der Waals surface area contributed by atoms with E-state index in [1.165, 1.54) is 4.57 Å². The van der Waals surface area contributed by atoms with E-state index in [1.807, 2.05) is 6.92 Å². The Morgan fingerprint density at radius 3 is 2.62 bits per heavy atom. The molecule has 0 aliphatic rings. The minimum atomic E-state index is -0.934. The number of aromatic nitrogens is 1. The second kappa shape index (κ2) is 4.51. The molecule has 0 atom stereocenters. The van der Waals surface area contributed by atoms with E-state index < -0.39 is 11.4 Å². The Kier molecular flexibility index (Phi) is 3.52. The van der Waals surface area contributed by atoms with Crippen LogP contribution in [-0.4, -0.2) is 15.6 Å². The summed E-state index contributed by atoms with van der Waals surface area (Å²) in [6, 6.07) is 3.55. The SMILES string of the molecule is CCc1cccn(CC(C)(C)C(=O)O)c1=O. The van der Waals surface area contributed by atoms with Crippen molar-refractivity contribution in [1.82, 2.24) is 4.57 Å². The van der Waals surface area contributed by atoms with Crippen LogP contribution in [0.5, 0.6) is 0 Å². The minimum Gasteiger partial charge on any atom is -0.481 e. The maximum atomic E-state index is 11.9. The molecule has 0 saturated heterocycles. The van der Waals surface area contributed by atoms with E-state index in [2.05, 4.69) is 0 Å². The summed E-state index contributed by atoms with van der Waals surface area (Å²) in [6.07, 6.45) is 2.29. The minimum absolute atomic E-state index is 0.0978. The monoisotopic (exact) mass is 223 g/mol. The molecule has 4 nitrogen and oxygen atoms in total. The average Bonchev–Trinajstić information content (AvgIpc) is 2.20. The van der Waals surface area contributed by atoms with E-state index >= 15 is 0 Å². The van der Waals surface area contributed by atoms with E-state index in [9.17, 15) is 9.59 Å². The first kappa shape index (κ1) is 12.5. The lowest BCUT2D eigenvalue weighted by atomic mass is 9.93. The second-order valence-corrected chi connectivity index (χ2v) is 4.51. The largest absolute Gasteiger partial charge is 0.481 e. The van der Waals surface area contributed by atoms with Gasteiger partial charge in [-0.05, 0) is 26.3 Å². The van der Waals surface area contributed by atoms with Gasteiger partial charge in [0.05, 0.1) is 5.41 Å².